The molecule has 20 heavy (non-hydrogen) atoms. The summed E-state index contributed by atoms with van der Waals surface area (Å²) in [5.41, 5.74) is 0.403. The zero-order valence-electron chi connectivity index (χ0n) is 14.1. The van der Waals surface area contributed by atoms with Gasteiger partial charge in [-0.2, -0.15) is 0 Å². The lowest BCUT2D eigenvalue weighted by Crippen LogP contribution is -2.30. The van der Waals surface area contributed by atoms with Crippen LogP contribution in [0.4, 0.5) is 0 Å². The van der Waals surface area contributed by atoms with Crippen LogP contribution in [0.2, 0.25) is 0 Å². The Morgan fingerprint density at radius 2 is 1.80 bits per heavy atom. The molecular formula is C17H35NO2. The highest BCUT2D eigenvalue weighted by atomic mass is 16.5. The van der Waals surface area contributed by atoms with Crippen molar-refractivity contribution in [2.24, 2.45) is 5.41 Å². The van der Waals surface area contributed by atoms with E-state index in [1.54, 1.807) is 0 Å². The second-order valence-corrected chi connectivity index (χ2v) is 6.41. The van der Waals surface area contributed by atoms with Gasteiger partial charge in [-0.1, -0.05) is 46.5 Å². The molecule has 0 aromatic rings. The van der Waals surface area contributed by atoms with Crippen LogP contribution >= 0.6 is 0 Å². The molecule has 0 amide bonds. The molecule has 0 aliphatic heterocycles. The van der Waals surface area contributed by atoms with Gasteiger partial charge in [0.05, 0.1) is 6.61 Å². The first-order valence-electron chi connectivity index (χ1n) is 8.38. The Morgan fingerprint density at radius 3 is 2.45 bits per heavy atom. The third kappa shape index (κ3) is 12.5. The van der Waals surface area contributed by atoms with Gasteiger partial charge in [-0.05, 0) is 38.1 Å². The topological polar surface area (TPSA) is 38.3 Å². The van der Waals surface area contributed by atoms with Crippen LogP contribution in [0.5, 0.6) is 0 Å². The first kappa shape index (κ1) is 19.4. The molecule has 0 saturated heterocycles. The number of carbonyl (C=O) groups excluding carboxylic acids is 1. The predicted octanol–water partition coefficient (Wildman–Crippen LogP) is 4.31. The molecule has 0 aliphatic carbocycles. The van der Waals surface area contributed by atoms with Crippen molar-refractivity contribution in [1.29, 1.82) is 0 Å². The molecule has 0 atom stereocenters. The Bertz CT molecular complexity index is 239. The number of nitrogens with one attached hydrogen (secondary N) is 1. The van der Waals surface area contributed by atoms with Crippen molar-refractivity contribution in [2.45, 2.75) is 79.1 Å². The summed E-state index contributed by atoms with van der Waals surface area (Å²) in [4.78, 5) is 11.2. The summed E-state index contributed by atoms with van der Waals surface area (Å²) in [5, 5.41) is 3.55. The first-order valence-corrected chi connectivity index (χ1v) is 8.38. The van der Waals surface area contributed by atoms with Gasteiger partial charge in [-0.25, -0.2) is 0 Å². The summed E-state index contributed by atoms with van der Waals surface area (Å²) in [5.74, 6) is -0.0579. The van der Waals surface area contributed by atoms with E-state index in [1.165, 1.54) is 25.7 Å². The van der Waals surface area contributed by atoms with Gasteiger partial charge in [-0.3, -0.25) is 4.79 Å². The maximum absolute atomic E-state index is 11.2. The van der Waals surface area contributed by atoms with E-state index in [0.29, 0.717) is 18.4 Å². The minimum atomic E-state index is -0.0579. The quantitative estimate of drug-likeness (QED) is 0.405. The lowest BCUT2D eigenvalue weighted by molar-refractivity contribution is -0.143. The molecule has 0 aromatic carbocycles. The van der Waals surface area contributed by atoms with Gasteiger partial charge in [0, 0.05) is 13.0 Å². The highest BCUT2D eigenvalue weighted by molar-refractivity contribution is 5.69. The van der Waals surface area contributed by atoms with Crippen LogP contribution in [0.15, 0.2) is 0 Å². The maximum atomic E-state index is 11.2. The van der Waals surface area contributed by atoms with Crippen LogP contribution < -0.4 is 5.32 Å². The molecular weight excluding hydrogens is 250 g/mol. The Balaban J connectivity index is 3.40. The second-order valence-electron chi connectivity index (χ2n) is 6.41. The minimum Gasteiger partial charge on any atom is -0.466 e. The molecule has 0 spiro atoms. The van der Waals surface area contributed by atoms with E-state index in [0.717, 1.165) is 32.4 Å². The van der Waals surface area contributed by atoms with Gasteiger partial charge >= 0.3 is 5.97 Å². The van der Waals surface area contributed by atoms with Crippen LogP contribution in [0.25, 0.3) is 0 Å². The fourth-order valence-electron chi connectivity index (χ4n) is 2.30. The third-order valence-corrected chi connectivity index (χ3v) is 3.60. The fourth-order valence-corrected chi connectivity index (χ4v) is 2.30. The number of hydrogen-bond donors (Lipinski definition) is 1. The monoisotopic (exact) mass is 285 g/mol. The smallest absolute Gasteiger partial charge is 0.305 e. The van der Waals surface area contributed by atoms with Crippen LogP contribution in [0.1, 0.15) is 79.1 Å². The molecule has 0 saturated carbocycles. The van der Waals surface area contributed by atoms with Gasteiger partial charge < -0.3 is 10.1 Å². The maximum Gasteiger partial charge on any atom is 0.305 e. The molecule has 0 aliphatic rings. The summed E-state index contributed by atoms with van der Waals surface area (Å²) < 4.78 is 4.91. The summed E-state index contributed by atoms with van der Waals surface area (Å²) in [6, 6.07) is 0. The average Bonchev–Trinajstić information content (AvgIpc) is 2.38. The van der Waals surface area contributed by atoms with Gasteiger partial charge in [0.2, 0.25) is 0 Å². The van der Waals surface area contributed by atoms with Crippen molar-refractivity contribution in [3.63, 3.8) is 0 Å². The van der Waals surface area contributed by atoms with E-state index >= 15 is 0 Å². The summed E-state index contributed by atoms with van der Waals surface area (Å²) >= 11 is 0. The Morgan fingerprint density at radius 1 is 1.05 bits per heavy atom. The van der Waals surface area contributed by atoms with Crippen molar-refractivity contribution in [3.8, 4) is 0 Å². The van der Waals surface area contributed by atoms with Crippen molar-refractivity contribution in [3.05, 3.63) is 0 Å². The lowest BCUT2D eigenvalue weighted by Gasteiger charge is -2.25. The molecule has 0 radical (unpaired) electrons. The molecule has 1 N–H and O–H groups in total. The normalized spacial score (nSPS) is 11.6. The van der Waals surface area contributed by atoms with Crippen molar-refractivity contribution >= 4 is 5.97 Å². The van der Waals surface area contributed by atoms with Crippen molar-refractivity contribution in [1.82, 2.24) is 5.32 Å². The highest BCUT2D eigenvalue weighted by Crippen LogP contribution is 2.22. The van der Waals surface area contributed by atoms with E-state index in [4.69, 9.17) is 4.74 Å². The summed E-state index contributed by atoms with van der Waals surface area (Å²) in [6.45, 7) is 11.4. The van der Waals surface area contributed by atoms with Crippen LogP contribution in [0, 0.1) is 5.41 Å². The number of carbonyl (C=O) groups is 1. The predicted molar refractivity (Wildman–Crippen MR) is 85.9 cm³/mol. The zero-order chi connectivity index (χ0) is 15.3. The molecule has 0 aromatic heterocycles. The zero-order valence-corrected chi connectivity index (χ0v) is 14.1. The number of unbranched alkanes of at least 4 members (excludes halogenated alkanes) is 4. The lowest BCUT2D eigenvalue weighted by atomic mass is 9.87. The highest BCUT2D eigenvalue weighted by Gasteiger charge is 2.16. The molecule has 3 heteroatoms. The van der Waals surface area contributed by atoms with Crippen LogP contribution in [0.3, 0.4) is 0 Å². The Kier molecular flexibility index (Phi) is 11.8. The molecule has 0 rings (SSSR count). The van der Waals surface area contributed by atoms with Gasteiger partial charge in [0.1, 0.15) is 0 Å². The van der Waals surface area contributed by atoms with Crippen molar-refractivity contribution < 1.29 is 9.53 Å². The van der Waals surface area contributed by atoms with Gasteiger partial charge in [0.15, 0.2) is 0 Å². The fraction of sp³-hybridized carbons (Fsp3) is 0.941. The SMILES string of the molecule is CCCCCC(C)(C)CNCCCCCC(=O)OCC. The number of ether oxygens (including phenoxy) is 1. The van der Waals surface area contributed by atoms with Gasteiger partial charge in [-0.15, -0.1) is 0 Å². The second kappa shape index (κ2) is 12.2. The number of esters is 1. The standard InChI is InChI=1S/C17H35NO2/c1-5-7-10-13-17(3,4)15-18-14-11-8-9-12-16(19)20-6-2/h18H,5-15H2,1-4H3. The molecule has 0 unspecified atom stereocenters. The van der Waals surface area contributed by atoms with E-state index in [9.17, 15) is 4.79 Å². The first-order chi connectivity index (χ1) is 9.52. The van der Waals surface area contributed by atoms with E-state index in [2.05, 4.69) is 26.1 Å². The van der Waals surface area contributed by atoms with Gasteiger partial charge in [0.25, 0.3) is 0 Å². The van der Waals surface area contributed by atoms with Crippen LogP contribution in [-0.4, -0.2) is 25.7 Å². The van der Waals surface area contributed by atoms with E-state index < -0.39 is 0 Å². The third-order valence-electron chi connectivity index (χ3n) is 3.60. The largest absolute Gasteiger partial charge is 0.466 e. The molecule has 0 fully saturated rings. The average molecular weight is 285 g/mol. The van der Waals surface area contributed by atoms with E-state index in [-0.39, 0.29) is 5.97 Å². The number of rotatable bonds is 13. The minimum absolute atomic E-state index is 0.0579. The molecule has 120 valence electrons. The van der Waals surface area contributed by atoms with Crippen LogP contribution in [-0.2, 0) is 9.53 Å². The Labute approximate surface area is 125 Å². The number of hydrogen-bond acceptors (Lipinski definition) is 3. The molecule has 0 bridgehead atoms. The summed E-state index contributed by atoms with van der Waals surface area (Å²) in [7, 11) is 0. The molecule has 0 heterocycles. The molecule has 3 nitrogen and oxygen atoms in total. The summed E-state index contributed by atoms with van der Waals surface area (Å²) in [6.07, 6.45) is 9.03. The van der Waals surface area contributed by atoms with E-state index in [1.807, 2.05) is 6.92 Å². The van der Waals surface area contributed by atoms with Crippen molar-refractivity contribution in [2.75, 3.05) is 19.7 Å². The Hall–Kier alpha value is -0.570.